The number of aromatic hydroxyl groups is 1. The van der Waals surface area contributed by atoms with Gasteiger partial charge >= 0.3 is 11.8 Å². The van der Waals surface area contributed by atoms with Gasteiger partial charge in [0.05, 0.1) is 11.8 Å². The van der Waals surface area contributed by atoms with Gasteiger partial charge in [-0.1, -0.05) is 32.4 Å². The van der Waals surface area contributed by atoms with Gasteiger partial charge in [-0.3, -0.25) is 0 Å². The van der Waals surface area contributed by atoms with Gasteiger partial charge < -0.3 is 14.3 Å². The maximum atomic E-state index is 12.8. The van der Waals surface area contributed by atoms with Gasteiger partial charge in [-0.05, 0) is 43.0 Å². The summed E-state index contributed by atoms with van der Waals surface area (Å²) in [6, 6.07) is 6.36. The van der Waals surface area contributed by atoms with E-state index < -0.39 is 23.0 Å². The van der Waals surface area contributed by atoms with E-state index in [1.807, 2.05) is 19.9 Å². The summed E-state index contributed by atoms with van der Waals surface area (Å²) in [4.78, 5) is 12.8. The molecular formula is C23H25F3O4. The van der Waals surface area contributed by atoms with Crippen LogP contribution < -0.4 is 5.63 Å². The molecule has 7 heteroatoms. The van der Waals surface area contributed by atoms with Crippen LogP contribution in [0.3, 0.4) is 0 Å². The second-order valence-electron chi connectivity index (χ2n) is 7.64. The fourth-order valence-electron chi connectivity index (χ4n) is 4.00. The summed E-state index contributed by atoms with van der Waals surface area (Å²) in [6.07, 6.45) is 1.71. The van der Waals surface area contributed by atoms with Crippen LogP contribution in [0.4, 0.5) is 13.2 Å². The van der Waals surface area contributed by atoms with Crippen molar-refractivity contribution >= 4 is 0 Å². The van der Waals surface area contributed by atoms with Crippen LogP contribution in [0.15, 0.2) is 51.9 Å². The highest BCUT2D eigenvalue weighted by atomic mass is 19.4. The maximum Gasteiger partial charge on any atom is 0.416 e. The first-order chi connectivity index (χ1) is 14.2. The van der Waals surface area contributed by atoms with Crippen molar-refractivity contribution in [2.24, 2.45) is 0 Å². The molecule has 1 aliphatic heterocycles. The first-order valence-corrected chi connectivity index (χ1v) is 10.1. The average Bonchev–Trinajstić information content (AvgIpc) is 3.14. The van der Waals surface area contributed by atoms with Crippen molar-refractivity contribution in [3.8, 4) is 5.75 Å². The van der Waals surface area contributed by atoms with Gasteiger partial charge in [0.15, 0.2) is 0 Å². The first-order valence-electron chi connectivity index (χ1n) is 10.1. The molecule has 0 aliphatic carbocycles. The molecule has 0 bridgehead atoms. The Morgan fingerprint density at radius 3 is 2.40 bits per heavy atom. The van der Waals surface area contributed by atoms with Crippen LogP contribution in [-0.4, -0.2) is 5.11 Å². The van der Waals surface area contributed by atoms with E-state index in [1.54, 1.807) is 0 Å². The van der Waals surface area contributed by atoms with Gasteiger partial charge in [0.25, 0.3) is 0 Å². The number of alkyl halides is 3. The molecular weight excluding hydrogens is 397 g/mol. The van der Waals surface area contributed by atoms with E-state index in [1.165, 1.54) is 24.5 Å². The minimum atomic E-state index is -4.39. The molecule has 1 aromatic heterocycles. The molecule has 1 N–H and O–H groups in total. The largest absolute Gasteiger partial charge is 0.507 e. The fraction of sp³-hybridized carbons (Fsp3) is 0.435. The van der Waals surface area contributed by atoms with Crippen LogP contribution in [0.1, 0.15) is 67.9 Å². The maximum absolute atomic E-state index is 12.8. The zero-order valence-electron chi connectivity index (χ0n) is 17.0. The van der Waals surface area contributed by atoms with E-state index >= 15 is 0 Å². The molecule has 2 heterocycles. The molecule has 1 aliphatic rings. The molecule has 0 saturated heterocycles. The monoisotopic (exact) mass is 422 g/mol. The quantitative estimate of drug-likeness (QED) is 0.592. The third-order valence-corrected chi connectivity index (χ3v) is 5.56. The lowest BCUT2D eigenvalue weighted by atomic mass is 9.86. The van der Waals surface area contributed by atoms with E-state index in [-0.39, 0.29) is 17.2 Å². The average molecular weight is 422 g/mol. The number of rotatable bonds is 7. The van der Waals surface area contributed by atoms with Crippen molar-refractivity contribution in [1.82, 2.24) is 0 Å². The van der Waals surface area contributed by atoms with Crippen LogP contribution in [0.25, 0.3) is 0 Å². The van der Waals surface area contributed by atoms with Crippen LogP contribution in [0.2, 0.25) is 0 Å². The van der Waals surface area contributed by atoms with Crippen molar-refractivity contribution in [2.45, 2.75) is 63.6 Å². The Hall–Kier alpha value is -2.70. The molecule has 2 aromatic rings. The normalized spacial score (nSPS) is 19.6. The summed E-state index contributed by atoms with van der Waals surface area (Å²) < 4.78 is 49.6. The minimum absolute atomic E-state index is 0.113. The summed E-state index contributed by atoms with van der Waals surface area (Å²) >= 11 is 0. The van der Waals surface area contributed by atoms with Crippen molar-refractivity contribution in [3.05, 3.63) is 75.5 Å². The summed E-state index contributed by atoms with van der Waals surface area (Å²) in [5.74, 6) is -0.135. The highest BCUT2D eigenvalue weighted by molar-refractivity contribution is 5.38. The molecule has 0 amide bonds. The molecule has 30 heavy (non-hydrogen) atoms. The van der Waals surface area contributed by atoms with E-state index in [0.29, 0.717) is 37.0 Å². The van der Waals surface area contributed by atoms with Crippen LogP contribution in [-0.2, 0) is 22.9 Å². The lowest BCUT2D eigenvalue weighted by molar-refractivity contribution is -0.137. The summed E-state index contributed by atoms with van der Waals surface area (Å²) in [5, 5.41) is 10.7. The van der Waals surface area contributed by atoms with Crippen molar-refractivity contribution in [2.75, 3.05) is 0 Å². The molecule has 2 atom stereocenters. The Balaban J connectivity index is 1.88. The third-order valence-electron chi connectivity index (χ3n) is 5.56. The molecule has 4 nitrogen and oxygen atoms in total. The number of benzene rings is 1. The fourth-order valence-corrected chi connectivity index (χ4v) is 4.00. The number of ether oxygens (including phenoxy) is 1. The number of hydrogen-bond donors (Lipinski definition) is 1. The highest BCUT2D eigenvalue weighted by Gasteiger charge is 2.40. The Morgan fingerprint density at radius 1 is 1.20 bits per heavy atom. The SMILES string of the molecule is CCCC1(c2c(O)cc(C(CC)Cc3ccc(C(F)(F)F)cc3)oc2=O)CC=CO1. The minimum Gasteiger partial charge on any atom is -0.507 e. The van der Waals surface area contributed by atoms with Gasteiger partial charge in [0.1, 0.15) is 22.7 Å². The Labute approximate surface area is 173 Å². The Bertz CT molecular complexity index is 950. The third kappa shape index (κ3) is 4.40. The Kier molecular flexibility index (Phi) is 6.29. The van der Waals surface area contributed by atoms with E-state index in [2.05, 4.69) is 0 Å². The molecule has 0 fully saturated rings. The van der Waals surface area contributed by atoms with Gasteiger partial charge in [-0.15, -0.1) is 0 Å². The van der Waals surface area contributed by atoms with Crippen LogP contribution >= 0.6 is 0 Å². The molecule has 0 radical (unpaired) electrons. The molecule has 1 aromatic carbocycles. The van der Waals surface area contributed by atoms with Gasteiger partial charge in [0, 0.05) is 18.4 Å². The molecule has 3 rings (SSSR count). The van der Waals surface area contributed by atoms with Gasteiger partial charge in [-0.2, -0.15) is 13.2 Å². The predicted molar refractivity (Wildman–Crippen MR) is 106 cm³/mol. The molecule has 2 unspecified atom stereocenters. The highest BCUT2D eigenvalue weighted by Crippen LogP contribution is 2.42. The lowest BCUT2D eigenvalue weighted by Gasteiger charge is -2.28. The van der Waals surface area contributed by atoms with Crippen molar-refractivity contribution in [1.29, 1.82) is 0 Å². The summed E-state index contributed by atoms with van der Waals surface area (Å²) in [6.45, 7) is 3.86. The molecule has 0 spiro atoms. The second-order valence-corrected chi connectivity index (χ2v) is 7.64. The zero-order chi connectivity index (χ0) is 21.9. The first kappa shape index (κ1) is 22.0. The summed E-state index contributed by atoms with van der Waals surface area (Å²) in [5.41, 5.74) is -1.48. The predicted octanol–water partition coefficient (Wildman–Crippen LogP) is 6.03. The summed E-state index contributed by atoms with van der Waals surface area (Å²) in [7, 11) is 0. The number of hydrogen-bond acceptors (Lipinski definition) is 4. The zero-order valence-corrected chi connectivity index (χ0v) is 17.0. The lowest BCUT2D eigenvalue weighted by Crippen LogP contribution is -2.31. The van der Waals surface area contributed by atoms with Crippen LogP contribution in [0, 0.1) is 0 Å². The van der Waals surface area contributed by atoms with Gasteiger partial charge in [0.2, 0.25) is 0 Å². The standard InChI is InChI=1S/C23H25F3O4/c1-3-10-22(11-5-12-29-22)20-18(27)14-19(30-21(20)28)16(4-2)13-15-6-8-17(9-7-15)23(24,25)26/h5-9,12,14,16,27H,3-4,10-11,13H2,1-2H3. The molecule has 0 saturated carbocycles. The van der Waals surface area contributed by atoms with E-state index in [4.69, 9.17) is 9.15 Å². The van der Waals surface area contributed by atoms with E-state index in [9.17, 15) is 23.1 Å². The van der Waals surface area contributed by atoms with Crippen molar-refractivity contribution < 1.29 is 27.4 Å². The Morgan fingerprint density at radius 2 is 1.90 bits per heavy atom. The number of halogens is 3. The second kappa shape index (κ2) is 8.58. The van der Waals surface area contributed by atoms with Crippen LogP contribution in [0.5, 0.6) is 5.75 Å². The molecule has 162 valence electrons. The topological polar surface area (TPSA) is 59.7 Å². The van der Waals surface area contributed by atoms with Crippen molar-refractivity contribution in [3.63, 3.8) is 0 Å². The van der Waals surface area contributed by atoms with Gasteiger partial charge in [-0.25, -0.2) is 4.79 Å². The van der Waals surface area contributed by atoms with E-state index in [0.717, 1.165) is 18.6 Å². The smallest absolute Gasteiger partial charge is 0.416 e.